The number of esters is 1. The molecule has 138 valence electrons. The molecule has 4 aromatic rings. The molecule has 1 N–H and O–H groups in total. The largest absolute Gasteiger partial charge is 0.463 e. The number of pyridine rings is 1. The summed E-state index contributed by atoms with van der Waals surface area (Å²) in [6.45, 7) is 1.43. The number of nitrogens with one attached hydrogen (secondary N) is 1. The van der Waals surface area contributed by atoms with Crippen molar-refractivity contribution in [2.45, 2.75) is 6.92 Å². The number of hydrogen-bond donors (Lipinski definition) is 1. The fourth-order valence-electron chi connectivity index (χ4n) is 2.87. The van der Waals surface area contributed by atoms with Gasteiger partial charge in [0.05, 0.1) is 17.3 Å². The Balaban J connectivity index is 1.67. The van der Waals surface area contributed by atoms with Gasteiger partial charge in [0.1, 0.15) is 11.4 Å². The van der Waals surface area contributed by atoms with E-state index >= 15 is 0 Å². The van der Waals surface area contributed by atoms with Gasteiger partial charge in [-0.05, 0) is 48.5 Å². The first-order valence-electron chi connectivity index (χ1n) is 8.63. The van der Waals surface area contributed by atoms with Crippen LogP contribution in [-0.2, 0) is 4.79 Å². The first-order valence-corrected chi connectivity index (χ1v) is 8.63. The van der Waals surface area contributed by atoms with Crippen molar-refractivity contribution in [2.24, 2.45) is 0 Å². The maximum Gasteiger partial charge on any atom is 0.344 e. The second-order valence-corrected chi connectivity index (χ2v) is 6.14. The maximum atomic E-state index is 12.9. The highest BCUT2D eigenvalue weighted by Crippen LogP contribution is 2.26. The van der Waals surface area contributed by atoms with Gasteiger partial charge in [-0.15, -0.1) is 0 Å². The number of anilines is 1. The van der Waals surface area contributed by atoms with Crippen LogP contribution in [0.25, 0.3) is 22.4 Å². The molecule has 0 fully saturated rings. The van der Waals surface area contributed by atoms with Crippen molar-refractivity contribution < 1.29 is 18.7 Å². The molecule has 6 heteroatoms. The Kier molecular flexibility index (Phi) is 4.60. The Morgan fingerprint density at radius 3 is 2.50 bits per heavy atom. The zero-order valence-electron chi connectivity index (χ0n) is 15.0. The van der Waals surface area contributed by atoms with Crippen molar-refractivity contribution >= 4 is 28.5 Å². The van der Waals surface area contributed by atoms with E-state index in [0.29, 0.717) is 39.4 Å². The highest BCUT2D eigenvalue weighted by molar-refractivity contribution is 6.05. The number of amides is 1. The zero-order chi connectivity index (χ0) is 19.5. The van der Waals surface area contributed by atoms with Gasteiger partial charge >= 0.3 is 5.97 Å². The van der Waals surface area contributed by atoms with Gasteiger partial charge in [0.25, 0.3) is 0 Å². The molecule has 2 aromatic carbocycles. The van der Waals surface area contributed by atoms with Crippen LogP contribution in [0.4, 0.5) is 5.69 Å². The highest BCUT2D eigenvalue weighted by Gasteiger charge is 2.17. The molecule has 2 aromatic heterocycles. The normalized spacial score (nSPS) is 10.6. The summed E-state index contributed by atoms with van der Waals surface area (Å²) in [5.41, 5.74) is 2.24. The lowest BCUT2D eigenvalue weighted by Gasteiger charge is -2.09. The Bertz CT molecular complexity index is 1150. The van der Waals surface area contributed by atoms with E-state index in [1.54, 1.807) is 48.7 Å². The number of benzene rings is 2. The van der Waals surface area contributed by atoms with Gasteiger partial charge in [0, 0.05) is 18.0 Å². The lowest BCUT2D eigenvalue weighted by Crippen LogP contribution is -2.10. The third-order valence-corrected chi connectivity index (χ3v) is 4.09. The lowest BCUT2D eigenvalue weighted by atomic mass is 10.1. The van der Waals surface area contributed by atoms with Crippen LogP contribution in [0.3, 0.4) is 0 Å². The summed E-state index contributed by atoms with van der Waals surface area (Å²) in [5.74, 6) is 0.274. The van der Waals surface area contributed by atoms with Crippen LogP contribution in [0.2, 0.25) is 0 Å². The van der Waals surface area contributed by atoms with Crippen molar-refractivity contribution in [3.8, 4) is 17.2 Å². The number of furan rings is 1. The molecule has 0 aliphatic heterocycles. The Morgan fingerprint density at radius 1 is 1.00 bits per heavy atom. The lowest BCUT2D eigenvalue weighted by molar-refractivity contribution is -0.114. The van der Waals surface area contributed by atoms with Crippen LogP contribution in [0.15, 0.2) is 77.4 Å². The van der Waals surface area contributed by atoms with Gasteiger partial charge in [-0.3, -0.25) is 4.79 Å². The molecule has 28 heavy (non-hydrogen) atoms. The Hall–Kier alpha value is -3.93. The number of nitrogens with zero attached hydrogens (tertiary/aromatic N) is 1. The molecule has 0 spiro atoms. The number of carbonyl (C=O) groups is 2. The van der Waals surface area contributed by atoms with Gasteiger partial charge < -0.3 is 14.5 Å². The first-order chi connectivity index (χ1) is 13.6. The maximum absolute atomic E-state index is 12.9. The van der Waals surface area contributed by atoms with Crippen LogP contribution < -0.4 is 10.1 Å². The monoisotopic (exact) mass is 372 g/mol. The average Bonchev–Trinajstić information content (AvgIpc) is 3.23. The van der Waals surface area contributed by atoms with E-state index < -0.39 is 5.97 Å². The molecule has 1 amide bonds. The molecule has 0 saturated heterocycles. The molecule has 0 radical (unpaired) electrons. The quantitative estimate of drug-likeness (QED) is 0.416. The minimum atomic E-state index is -0.501. The minimum Gasteiger partial charge on any atom is -0.463 e. The second kappa shape index (κ2) is 7.36. The van der Waals surface area contributed by atoms with Crippen molar-refractivity contribution in [3.05, 3.63) is 78.6 Å². The summed E-state index contributed by atoms with van der Waals surface area (Å²) in [5, 5.41) is 3.36. The van der Waals surface area contributed by atoms with E-state index in [2.05, 4.69) is 10.3 Å². The third kappa shape index (κ3) is 3.61. The summed E-state index contributed by atoms with van der Waals surface area (Å²) < 4.78 is 10.9. The van der Waals surface area contributed by atoms with Crippen molar-refractivity contribution in [2.75, 3.05) is 5.32 Å². The van der Waals surface area contributed by atoms with E-state index in [1.807, 2.05) is 24.3 Å². The van der Waals surface area contributed by atoms with Crippen LogP contribution in [0, 0.1) is 0 Å². The molecule has 0 aliphatic rings. The van der Waals surface area contributed by atoms with Crippen LogP contribution in [0.1, 0.15) is 17.3 Å². The predicted octanol–water partition coefficient (Wildman–Crippen LogP) is 4.67. The molecule has 4 rings (SSSR count). The van der Waals surface area contributed by atoms with E-state index in [9.17, 15) is 9.59 Å². The van der Waals surface area contributed by atoms with Gasteiger partial charge in [0.15, 0.2) is 5.76 Å². The molecule has 2 heterocycles. The van der Waals surface area contributed by atoms with Gasteiger partial charge in [-0.25, -0.2) is 9.78 Å². The van der Waals surface area contributed by atoms with E-state index in [1.165, 1.54) is 6.92 Å². The SMILES string of the molecule is CC(=O)Nc1ccc(OC(=O)c2cc(-c3ccco3)nc3ccccc23)cc1. The number of fused-ring (bicyclic) bond motifs is 1. The predicted molar refractivity (Wildman–Crippen MR) is 105 cm³/mol. The molecule has 0 aliphatic carbocycles. The molecule has 0 atom stereocenters. The fraction of sp³-hybridized carbons (Fsp3) is 0.0455. The molecule has 0 unspecified atom stereocenters. The number of aromatic nitrogens is 1. The molecular weight excluding hydrogens is 356 g/mol. The zero-order valence-corrected chi connectivity index (χ0v) is 15.0. The standard InChI is InChI=1S/C22H16N2O4/c1-14(25)23-15-8-10-16(11-9-15)28-22(26)18-13-20(21-7-4-12-27-21)24-19-6-3-2-5-17(18)19/h2-13H,1H3,(H,23,25). The smallest absolute Gasteiger partial charge is 0.344 e. The summed E-state index contributed by atoms with van der Waals surface area (Å²) in [4.78, 5) is 28.5. The van der Waals surface area contributed by atoms with Crippen molar-refractivity contribution in [1.29, 1.82) is 0 Å². The topological polar surface area (TPSA) is 81.4 Å². The molecule has 0 saturated carbocycles. The summed E-state index contributed by atoms with van der Waals surface area (Å²) in [7, 11) is 0. The van der Waals surface area contributed by atoms with Crippen LogP contribution >= 0.6 is 0 Å². The first kappa shape index (κ1) is 17.5. The summed E-state index contributed by atoms with van der Waals surface area (Å²) in [6, 6.07) is 19.2. The van der Waals surface area contributed by atoms with E-state index in [-0.39, 0.29) is 5.91 Å². The number of hydrogen-bond acceptors (Lipinski definition) is 5. The molecular formula is C22H16N2O4. The fourth-order valence-corrected chi connectivity index (χ4v) is 2.87. The molecule has 6 nitrogen and oxygen atoms in total. The van der Waals surface area contributed by atoms with Crippen LogP contribution in [-0.4, -0.2) is 16.9 Å². The second-order valence-electron chi connectivity index (χ2n) is 6.14. The van der Waals surface area contributed by atoms with E-state index in [0.717, 1.165) is 0 Å². The minimum absolute atomic E-state index is 0.168. The van der Waals surface area contributed by atoms with Gasteiger partial charge in [0.2, 0.25) is 5.91 Å². The van der Waals surface area contributed by atoms with Crippen molar-refractivity contribution in [3.63, 3.8) is 0 Å². The number of carbonyl (C=O) groups excluding carboxylic acids is 2. The van der Waals surface area contributed by atoms with Crippen LogP contribution in [0.5, 0.6) is 5.75 Å². The van der Waals surface area contributed by atoms with Gasteiger partial charge in [-0.1, -0.05) is 18.2 Å². The Labute approximate surface area is 160 Å². The van der Waals surface area contributed by atoms with Crippen molar-refractivity contribution in [1.82, 2.24) is 4.98 Å². The summed E-state index contributed by atoms with van der Waals surface area (Å²) in [6.07, 6.45) is 1.56. The highest BCUT2D eigenvalue weighted by atomic mass is 16.5. The summed E-state index contributed by atoms with van der Waals surface area (Å²) >= 11 is 0. The average molecular weight is 372 g/mol. The molecule has 0 bridgehead atoms. The van der Waals surface area contributed by atoms with E-state index in [4.69, 9.17) is 9.15 Å². The number of para-hydroxylation sites is 1. The number of ether oxygens (including phenoxy) is 1. The number of rotatable bonds is 4. The van der Waals surface area contributed by atoms with Gasteiger partial charge in [-0.2, -0.15) is 0 Å². The third-order valence-electron chi connectivity index (χ3n) is 4.09. The Morgan fingerprint density at radius 2 is 1.79 bits per heavy atom.